The zero-order chi connectivity index (χ0) is 14.9. The molecule has 3 rings (SSSR count). The maximum Gasteiger partial charge on any atom is 0.243 e. The fourth-order valence-electron chi connectivity index (χ4n) is 1.78. The van der Waals surface area contributed by atoms with Gasteiger partial charge in [0.2, 0.25) is 15.0 Å². The lowest BCUT2D eigenvalue weighted by Gasteiger charge is -2.01. The minimum atomic E-state index is -3.57. The van der Waals surface area contributed by atoms with Crippen LogP contribution in [0.5, 0.6) is 0 Å². The van der Waals surface area contributed by atoms with Crippen molar-refractivity contribution in [2.45, 2.75) is 10.9 Å². The summed E-state index contributed by atoms with van der Waals surface area (Å²) in [7, 11) is -3.57. The largest absolute Gasteiger partial charge is 0.250 e. The van der Waals surface area contributed by atoms with Crippen LogP contribution in [0.2, 0.25) is 5.02 Å². The van der Waals surface area contributed by atoms with E-state index in [1.807, 2.05) is 0 Å². The zero-order valence-electron chi connectivity index (χ0n) is 10.6. The number of aromatic nitrogens is 5. The molecular weight excluding hydrogens is 314 g/mol. The van der Waals surface area contributed by atoms with E-state index < -0.39 is 9.84 Å². The molecule has 0 atom stereocenters. The van der Waals surface area contributed by atoms with Crippen molar-refractivity contribution in [2.24, 2.45) is 0 Å². The SMILES string of the molecule is O=S(=O)(Cc1ccn(-c2ccc(Cl)cc2)n1)c1ncn[nH]1. The van der Waals surface area contributed by atoms with Gasteiger partial charge in [0.25, 0.3) is 0 Å². The van der Waals surface area contributed by atoms with Gasteiger partial charge in [0.15, 0.2) is 0 Å². The van der Waals surface area contributed by atoms with Crippen LogP contribution >= 0.6 is 11.6 Å². The van der Waals surface area contributed by atoms with Crippen LogP contribution in [0.1, 0.15) is 5.69 Å². The van der Waals surface area contributed by atoms with Crippen LogP contribution in [0.4, 0.5) is 0 Å². The van der Waals surface area contributed by atoms with Gasteiger partial charge >= 0.3 is 0 Å². The van der Waals surface area contributed by atoms with Crippen molar-refractivity contribution in [3.8, 4) is 5.69 Å². The van der Waals surface area contributed by atoms with E-state index in [-0.39, 0.29) is 10.9 Å². The molecule has 2 heterocycles. The summed E-state index contributed by atoms with van der Waals surface area (Å²) in [6.07, 6.45) is 2.84. The molecule has 0 aliphatic heterocycles. The Morgan fingerprint density at radius 2 is 1.95 bits per heavy atom. The summed E-state index contributed by atoms with van der Waals surface area (Å²) in [6.45, 7) is 0. The van der Waals surface area contributed by atoms with Gasteiger partial charge in [-0.25, -0.2) is 18.1 Å². The van der Waals surface area contributed by atoms with Crippen LogP contribution in [0, 0.1) is 0 Å². The van der Waals surface area contributed by atoms with Crippen molar-refractivity contribution in [2.75, 3.05) is 0 Å². The average Bonchev–Trinajstić information content (AvgIpc) is 3.10. The summed E-state index contributed by atoms with van der Waals surface area (Å²) in [5.74, 6) is -0.247. The lowest BCUT2D eigenvalue weighted by molar-refractivity contribution is 0.586. The highest BCUT2D eigenvalue weighted by atomic mass is 35.5. The average molecular weight is 324 g/mol. The second-order valence-corrected chi connectivity index (χ2v) is 6.62. The summed E-state index contributed by atoms with van der Waals surface area (Å²) in [4.78, 5) is 3.65. The van der Waals surface area contributed by atoms with E-state index in [1.165, 1.54) is 0 Å². The molecule has 0 saturated carbocycles. The Balaban J connectivity index is 1.84. The van der Waals surface area contributed by atoms with Crippen molar-refractivity contribution in [1.29, 1.82) is 0 Å². The molecule has 21 heavy (non-hydrogen) atoms. The van der Waals surface area contributed by atoms with E-state index >= 15 is 0 Å². The van der Waals surface area contributed by atoms with Gasteiger partial charge in [0.1, 0.15) is 12.1 Å². The van der Waals surface area contributed by atoms with E-state index in [0.717, 1.165) is 12.0 Å². The number of nitrogens with zero attached hydrogens (tertiary/aromatic N) is 4. The summed E-state index contributed by atoms with van der Waals surface area (Å²) in [6, 6.07) is 8.71. The molecule has 0 spiro atoms. The van der Waals surface area contributed by atoms with Crippen LogP contribution < -0.4 is 0 Å². The van der Waals surface area contributed by atoms with Crippen LogP contribution in [-0.4, -0.2) is 33.4 Å². The van der Waals surface area contributed by atoms with Gasteiger partial charge < -0.3 is 0 Å². The van der Waals surface area contributed by atoms with Crippen molar-refractivity contribution >= 4 is 21.4 Å². The second kappa shape index (κ2) is 5.30. The molecule has 2 aromatic heterocycles. The molecule has 1 N–H and O–H groups in total. The Morgan fingerprint density at radius 3 is 2.62 bits per heavy atom. The first kappa shape index (κ1) is 13.8. The molecule has 0 amide bonds. The summed E-state index contributed by atoms with van der Waals surface area (Å²) < 4.78 is 25.7. The number of benzene rings is 1. The topological polar surface area (TPSA) is 93.5 Å². The molecule has 0 aliphatic carbocycles. The normalized spacial score (nSPS) is 11.7. The van der Waals surface area contributed by atoms with E-state index in [0.29, 0.717) is 10.7 Å². The number of sulfone groups is 1. The molecule has 0 radical (unpaired) electrons. The smallest absolute Gasteiger partial charge is 0.243 e. The Labute approximate surface area is 125 Å². The van der Waals surface area contributed by atoms with E-state index in [1.54, 1.807) is 41.2 Å². The lowest BCUT2D eigenvalue weighted by atomic mass is 10.3. The number of aromatic amines is 1. The van der Waals surface area contributed by atoms with Crippen LogP contribution in [0.3, 0.4) is 0 Å². The van der Waals surface area contributed by atoms with Crippen LogP contribution in [0.15, 0.2) is 48.0 Å². The fourth-order valence-corrected chi connectivity index (χ4v) is 2.99. The first-order valence-corrected chi connectivity index (χ1v) is 7.96. The van der Waals surface area contributed by atoms with Crippen LogP contribution in [0.25, 0.3) is 5.69 Å². The van der Waals surface area contributed by atoms with Gasteiger partial charge in [0, 0.05) is 11.2 Å². The zero-order valence-corrected chi connectivity index (χ0v) is 12.2. The van der Waals surface area contributed by atoms with Gasteiger partial charge in [-0.3, -0.25) is 5.10 Å². The minimum Gasteiger partial charge on any atom is -0.250 e. The number of halogens is 1. The quantitative estimate of drug-likeness (QED) is 0.787. The number of hydrogen-bond donors (Lipinski definition) is 1. The molecule has 0 saturated heterocycles. The van der Waals surface area contributed by atoms with Gasteiger partial charge in [-0.1, -0.05) is 11.6 Å². The summed E-state index contributed by atoms with van der Waals surface area (Å²) in [5.41, 5.74) is 1.21. The first-order valence-electron chi connectivity index (χ1n) is 5.93. The number of rotatable bonds is 4. The van der Waals surface area contributed by atoms with E-state index in [4.69, 9.17) is 11.6 Å². The highest BCUT2D eigenvalue weighted by molar-refractivity contribution is 7.90. The van der Waals surface area contributed by atoms with Crippen molar-refractivity contribution in [3.63, 3.8) is 0 Å². The standard InChI is InChI=1S/C12H10ClN5O2S/c13-9-1-3-11(4-2-9)18-6-5-10(17-18)7-21(19,20)12-14-8-15-16-12/h1-6,8H,7H2,(H,14,15,16). The molecule has 0 fully saturated rings. The third kappa shape index (κ3) is 2.96. The molecule has 9 heteroatoms. The molecule has 0 aliphatic rings. The summed E-state index contributed by atoms with van der Waals surface area (Å²) in [5, 5.41) is 10.6. The monoisotopic (exact) mass is 323 g/mol. The fraction of sp³-hybridized carbons (Fsp3) is 0.0833. The Morgan fingerprint density at radius 1 is 1.19 bits per heavy atom. The van der Waals surface area contributed by atoms with Crippen molar-refractivity contribution in [1.82, 2.24) is 25.0 Å². The third-order valence-electron chi connectivity index (χ3n) is 2.76. The first-order chi connectivity index (χ1) is 10.0. The highest BCUT2D eigenvalue weighted by Crippen LogP contribution is 2.15. The molecular formula is C12H10ClN5O2S. The number of hydrogen-bond acceptors (Lipinski definition) is 5. The lowest BCUT2D eigenvalue weighted by Crippen LogP contribution is -2.08. The Bertz CT molecular complexity index is 840. The predicted octanol–water partition coefficient (Wildman–Crippen LogP) is 1.62. The molecule has 7 nitrogen and oxygen atoms in total. The predicted molar refractivity (Wildman–Crippen MR) is 75.8 cm³/mol. The molecule has 3 aromatic rings. The molecule has 0 bridgehead atoms. The minimum absolute atomic E-state index is 0.163. The number of nitrogens with one attached hydrogen (secondary N) is 1. The molecule has 0 unspecified atom stereocenters. The van der Waals surface area contributed by atoms with E-state index in [2.05, 4.69) is 20.3 Å². The van der Waals surface area contributed by atoms with Gasteiger partial charge in [0.05, 0.1) is 11.4 Å². The van der Waals surface area contributed by atoms with Gasteiger partial charge in [-0.15, -0.1) is 0 Å². The van der Waals surface area contributed by atoms with E-state index in [9.17, 15) is 8.42 Å². The third-order valence-corrected chi connectivity index (χ3v) is 4.47. The van der Waals surface area contributed by atoms with Crippen molar-refractivity contribution in [3.05, 3.63) is 53.6 Å². The van der Waals surface area contributed by atoms with Crippen LogP contribution in [-0.2, 0) is 15.6 Å². The Hall–Kier alpha value is -2.19. The maximum atomic E-state index is 12.1. The second-order valence-electron chi connectivity index (χ2n) is 4.28. The van der Waals surface area contributed by atoms with Crippen molar-refractivity contribution < 1.29 is 8.42 Å². The van der Waals surface area contributed by atoms with Gasteiger partial charge in [-0.05, 0) is 30.3 Å². The molecule has 1 aromatic carbocycles. The summed E-state index contributed by atoms with van der Waals surface area (Å²) >= 11 is 5.82. The molecule has 108 valence electrons. The maximum absolute atomic E-state index is 12.1. The highest BCUT2D eigenvalue weighted by Gasteiger charge is 2.20. The Kier molecular flexibility index (Phi) is 3.48. The van der Waals surface area contributed by atoms with Gasteiger partial charge in [-0.2, -0.15) is 10.2 Å². The number of H-pyrrole nitrogens is 1.